The highest BCUT2D eigenvalue weighted by Crippen LogP contribution is 2.33. The topological polar surface area (TPSA) is 177 Å². The number of carbonyl (C=O) groups excluding carboxylic acids is 2. The Balaban J connectivity index is 0.000000280. The Morgan fingerprint density at radius 2 is 1.30 bits per heavy atom. The summed E-state index contributed by atoms with van der Waals surface area (Å²) in [6.45, 7) is 8.97. The molecule has 0 saturated carbocycles. The van der Waals surface area contributed by atoms with Gasteiger partial charge in [-0.15, -0.1) is 22.7 Å². The number of nitrogens with one attached hydrogen (secondary N) is 4. The van der Waals surface area contributed by atoms with Gasteiger partial charge in [0.25, 0.3) is 11.8 Å². The predicted molar refractivity (Wildman–Crippen MR) is 222 cm³/mol. The van der Waals surface area contributed by atoms with Gasteiger partial charge >= 0.3 is 11.4 Å². The van der Waals surface area contributed by atoms with Crippen LogP contribution in [-0.4, -0.2) is 82.7 Å². The number of rotatable bonds is 5. The van der Waals surface area contributed by atoms with Gasteiger partial charge in [0, 0.05) is 54.7 Å². The van der Waals surface area contributed by atoms with Crippen molar-refractivity contribution in [1.29, 1.82) is 0 Å². The highest BCUT2D eigenvalue weighted by molar-refractivity contribution is 7.16. The second kappa shape index (κ2) is 16.3. The monoisotopic (exact) mass is 773 g/mol. The number of nitrogens with zero attached hydrogens (tertiary/aromatic N) is 5. The van der Waals surface area contributed by atoms with Gasteiger partial charge in [0.15, 0.2) is 11.3 Å². The molecule has 2 aliphatic rings. The first-order valence-electron chi connectivity index (χ1n) is 18.5. The molecule has 4 N–H and O–H groups in total. The summed E-state index contributed by atoms with van der Waals surface area (Å²) in [4.78, 5) is 78.4. The number of H-pyrrole nitrogens is 4. The van der Waals surface area contributed by atoms with Crippen LogP contribution in [0.1, 0.15) is 100 Å². The van der Waals surface area contributed by atoms with E-state index in [2.05, 4.69) is 41.8 Å². The quantitative estimate of drug-likeness (QED) is 0.138. The van der Waals surface area contributed by atoms with Crippen LogP contribution in [0.4, 0.5) is 0 Å². The van der Waals surface area contributed by atoms with E-state index in [4.69, 9.17) is 0 Å². The molecule has 2 aliphatic heterocycles. The number of aromatic amines is 4. The third-order valence-electron chi connectivity index (χ3n) is 10.2. The molecule has 0 atom stereocenters. The Hall–Kier alpha value is -5.41. The maximum Gasteiger partial charge on any atom is 0.325 e. The zero-order valence-corrected chi connectivity index (χ0v) is 32.1. The van der Waals surface area contributed by atoms with Crippen LogP contribution < -0.4 is 11.4 Å². The molecule has 8 heterocycles. The van der Waals surface area contributed by atoms with Crippen molar-refractivity contribution in [3.05, 3.63) is 108 Å². The van der Waals surface area contributed by atoms with Crippen LogP contribution in [0.5, 0.6) is 0 Å². The Morgan fingerprint density at radius 1 is 0.741 bits per heavy atom. The normalized spacial score (nSPS) is 15.2. The lowest BCUT2D eigenvalue weighted by Crippen LogP contribution is -2.38. The van der Waals surface area contributed by atoms with Gasteiger partial charge < -0.3 is 19.8 Å². The molecular weight excluding hydrogens is 723 g/mol. The molecule has 54 heavy (non-hydrogen) atoms. The average Bonchev–Trinajstić information content (AvgIpc) is 4.03. The molecule has 0 bridgehead atoms. The van der Waals surface area contributed by atoms with Crippen molar-refractivity contribution >= 4 is 67.0 Å². The minimum Gasteiger partial charge on any atom is -0.339 e. The molecule has 2 saturated heterocycles. The summed E-state index contributed by atoms with van der Waals surface area (Å²) < 4.78 is 1.03. The summed E-state index contributed by atoms with van der Waals surface area (Å²) in [5, 5.41) is 0. The first-order valence-corrected chi connectivity index (χ1v) is 20.2. The first kappa shape index (κ1) is 36.9. The average molecular weight is 774 g/mol. The number of carbonyl (C=O) groups is 2. The summed E-state index contributed by atoms with van der Waals surface area (Å²) in [6, 6.07) is 13.6. The van der Waals surface area contributed by atoms with Crippen molar-refractivity contribution < 1.29 is 15.3 Å². The number of amides is 2. The van der Waals surface area contributed by atoms with E-state index in [1.807, 2.05) is 66.1 Å². The lowest BCUT2D eigenvalue weighted by Gasteiger charge is -2.32. The summed E-state index contributed by atoms with van der Waals surface area (Å²) in [5.41, 5.74) is 7.94. The summed E-state index contributed by atoms with van der Waals surface area (Å²) in [7, 11) is 0. The lowest BCUT2D eigenvalue weighted by molar-refractivity contribution is 0.0708. The van der Waals surface area contributed by atoms with E-state index in [1.54, 1.807) is 40.6 Å². The number of aryl methyl sites for hydroxylation is 1. The Kier molecular flexibility index (Phi) is 11.2. The van der Waals surface area contributed by atoms with Crippen LogP contribution in [0, 0.1) is 0 Å². The largest absolute Gasteiger partial charge is 0.339 e. The molecule has 9 rings (SSSR count). The van der Waals surface area contributed by atoms with Crippen molar-refractivity contribution in [3.63, 3.8) is 0 Å². The number of benzene rings is 1. The maximum absolute atomic E-state index is 12.9. The summed E-state index contributed by atoms with van der Waals surface area (Å²) >= 11 is 3.14. The zero-order chi connectivity index (χ0) is 37.8. The molecule has 0 unspecified atom stereocenters. The smallest absolute Gasteiger partial charge is 0.325 e. The number of fused-ring (bicyclic) bond motifs is 3. The van der Waals surface area contributed by atoms with Crippen LogP contribution in [0.2, 0.25) is 0 Å². The van der Waals surface area contributed by atoms with E-state index in [0.717, 1.165) is 82.4 Å². The number of likely N-dealkylation sites (tertiary alicyclic amines) is 2. The summed E-state index contributed by atoms with van der Waals surface area (Å²) in [6.07, 6.45) is 7.93. The SMILES string of the molecule is CC.CCc1ccc(C(=O)N2CCC(c3ccnc4[nH]c(=O)[nH]c34)CC2)s1.O=C(c1ccc2ncsc2c1)N1CCC(c2ccnc3[nH]c(=O)[nH]c23)CC1.[HH].[HH].[HH].[HH]. The molecule has 6 aromatic heterocycles. The second-order valence-corrected chi connectivity index (χ2v) is 15.2. The van der Waals surface area contributed by atoms with E-state index in [1.165, 1.54) is 4.88 Å². The third kappa shape index (κ3) is 7.64. The Morgan fingerprint density at radius 3 is 1.83 bits per heavy atom. The second-order valence-electron chi connectivity index (χ2n) is 13.2. The highest BCUT2D eigenvalue weighted by atomic mass is 32.1. The van der Waals surface area contributed by atoms with Crippen molar-refractivity contribution in [2.45, 2.75) is 64.7 Å². The third-order valence-corrected chi connectivity index (χ3v) is 12.2. The number of thiophene rings is 1. The molecule has 13 nitrogen and oxygen atoms in total. The number of imidazole rings is 2. The lowest BCUT2D eigenvalue weighted by atomic mass is 9.89. The van der Waals surface area contributed by atoms with Crippen LogP contribution in [0.15, 0.2) is 70.0 Å². The van der Waals surface area contributed by atoms with Crippen LogP contribution in [-0.2, 0) is 6.42 Å². The fraction of sp³-hybridized carbons (Fsp3) is 0.359. The van der Waals surface area contributed by atoms with Gasteiger partial charge in [-0.1, -0.05) is 20.8 Å². The van der Waals surface area contributed by atoms with E-state index < -0.39 is 0 Å². The van der Waals surface area contributed by atoms with Crippen LogP contribution in [0.3, 0.4) is 0 Å². The van der Waals surface area contributed by atoms with Gasteiger partial charge in [-0.2, -0.15) is 0 Å². The van der Waals surface area contributed by atoms with Gasteiger partial charge in [0.1, 0.15) is 0 Å². The molecule has 1 aromatic carbocycles. The Bertz CT molecular complexity index is 2530. The first-order chi connectivity index (χ1) is 26.3. The van der Waals surface area contributed by atoms with E-state index in [0.29, 0.717) is 41.8 Å². The van der Waals surface area contributed by atoms with Crippen LogP contribution in [0.25, 0.3) is 32.5 Å². The van der Waals surface area contributed by atoms with Crippen molar-refractivity contribution in [1.82, 2.24) is 44.7 Å². The molecule has 288 valence electrons. The van der Waals surface area contributed by atoms with Gasteiger partial charge in [-0.25, -0.2) is 24.5 Å². The van der Waals surface area contributed by atoms with Crippen LogP contribution >= 0.6 is 22.7 Å². The fourth-order valence-corrected chi connectivity index (χ4v) is 9.02. The minimum atomic E-state index is -0.240. The standard InChI is InChI=1S/C19H17N5O2S.C18H20N4O2S.C2H6.4H2/c25-18(12-1-2-14-15(9-12)27-10-21-14)24-7-4-11(5-8-24)13-3-6-20-17-16(13)22-19(26)23-17;1-2-12-3-4-14(25-12)17(23)22-9-6-11(7-10-22)13-5-8-19-16-15(13)20-18(24)21-16;1-2;;;;/h1-3,6,9-11H,4-5,7-8H2,(H2,20,22,23,26);3-5,8,11H,2,6-7,9-10H2,1H3,(H2,19,20,21,24);1-2H3;4*1H. The number of thiazole rings is 1. The van der Waals surface area contributed by atoms with Crippen molar-refractivity contribution in [3.8, 4) is 0 Å². The van der Waals surface area contributed by atoms with Crippen molar-refractivity contribution in [2.24, 2.45) is 0 Å². The van der Waals surface area contributed by atoms with E-state index >= 15 is 0 Å². The van der Waals surface area contributed by atoms with Gasteiger partial charge in [0.2, 0.25) is 0 Å². The number of hydrogen-bond acceptors (Lipinski definition) is 9. The highest BCUT2D eigenvalue weighted by Gasteiger charge is 2.28. The number of piperidine rings is 2. The van der Waals surface area contributed by atoms with Gasteiger partial charge in [-0.3, -0.25) is 19.6 Å². The molecule has 2 fully saturated rings. The predicted octanol–water partition coefficient (Wildman–Crippen LogP) is 7.79. The molecule has 2 amide bonds. The van der Waals surface area contributed by atoms with Crippen molar-refractivity contribution in [2.75, 3.05) is 26.2 Å². The summed E-state index contributed by atoms with van der Waals surface area (Å²) in [5.74, 6) is 0.835. The molecule has 7 aromatic rings. The van der Waals surface area contributed by atoms with Gasteiger partial charge in [0.05, 0.1) is 31.6 Å². The molecule has 0 radical (unpaired) electrons. The van der Waals surface area contributed by atoms with E-state index in [9.17, 15) is 19.2 Å². The van der Waals surface area contributed by atoms with E-state index in [-0.39, 0.29) is 28.9 Å². The number of hydrogen-bond donors (Lipinski definition) is 4. The minimum absolute atomic E-state index is 0. The maximum atomic E-state index is 12.9. The molecule has 15 heteroatoms. The fourth-order valence-electron chi connectivity index (χ4n) is 7.39. The molecule has 0 spiro atoms. The molecular formula is C39H51N9O4S2. The molecule has 0 aliphatic carbocycles. The Labute approximate surface area is 324 Å². The number of aromatic nitrogens is 7. The van der Waals surface area contributed by atoms with Gasteiger partial charge in [-0.05, 0) is 97.5 Å². The zero-order valence-electron chi connectivity index (χ0n) is 30.5. The number of pyridine rings is 2.